The molecule has 0 aliphatic heterocycles. The van der Waals surface area contributed by atoms with Crippen LogP contribution >= 0.6 is 11.3 Å². The third-order valence-electron chi connectivity index (χ3n) is 4.35. The van der Waals surface area contributed by atoms with Crippen LogP contribution in [0.4, 0.5) is 0 Å². The fourth-order valence-electron chi connectivity index (χ4n) is 3.19. The van der Waals surface area contributed by atoms with Crippen molar-refractivity contribution in [2.75, 3.05) is 0 Å². The highest BCUT2D eigenvalue weighted by Gasteiger charge is 2.18. The van der Waals surface area contributed by atoms with Crippen LogP contribution in [0.5, 0.6) is 0 Å². The molecule has 0 atom stereocenters. The van der Waals surface area contributed by atoms with E-state index in [2.05, 4.69) is 79.5 Å². The summed E-state index contributed by atoms with van der Waals surface area (Å²) in [4.78, 5) is 0. The minimum absolute atomic E-state index is 1.30. The molecule has 0 aliphatic carbocycles. The molecule has 0 saturated heterocycles. The Labute approximate surface area is 134 Å². The van der Waals surface area contributed by atoms with Crippen LogP contribution in [0.1, 0.15) is 11.1 Å². The molecule has 2 heterocycles. The van der Waals surface area contributed by atoms with Gasteiger partial charge in [0.05, 0.1) is 10.9 Å². The van der Waals surface area contributed by atoms with E-state index in [-0.39, 0.29) is 0 Å². The van der Waals surface area contributed by atoms with E-state index in [9.17, 15) is 0 Å². The van der Waals surface area contributed by atoms with Crippen molar-refractivity contribution < 1.29 is 4.57 Å². The highest BCUT2D eigenvalue weighted by atomic mass is 32.1. The zero-order valence-corrected chi connectivity index (χ0v) is 13.9. The molecule has 22 heavy (non-hydrogen) atoms. The summed E-state index contributed by atoms with van der Waals surface area (Å²) in [5.74, 6) is 0. The second kappa shape index (κ2) is 4.92. The van der Waals surface area contributed by atoms with E-state index in [1.165, 1.54) is 43.2 Å². The minimum atomic E-state index is 1.30. The molecule has 0 spiro atoms. The fourth-order valence-corrected chi connectivity index (χ4v) is 4.00. The van der Waals surface area contributed by atoms with E-state index in [1.807, 2.05) is 11.3 Å². The minimum Gasteiger partial charge on any atom is -0.200 e. The number of aryl methyl sites for hydroxylation is 3. The van der Waals surface area contributed by atoms with Gasteiger partial charge in [0.1, 0.15) is 7.05 Å². The highest BCUT2D eigenvalue weighted by molar-refractivity contribution is 7.17. The molecule has 4 aromatic rings. The summed E-state index contributed by atoms with van der Waals surface area (Å²) < 4.78 is 3.59. The largest absolute Gasteiger partial charge is 0.220 e. The Morgan fingerprint density at radius 2 is 1.77 bits per heavy atom. The van der Waals surface area contributed by atoms with Gasteiger partial charge in [-0.3, -0.25) is 0 Å². The maximum Gasteiger partial charge on any atom is 0.220 e. The molecule has 2 aromatic heterocycles. The lowest BCUT2D eigenvalue weighted by atomic mass is 9.97. The van der Waals surface area contributed by atoms with Crippen LogP contribution in [0.2, 0.25) is 0 Å². The van der Waals surface area contributed by atoms with Crippen molar-refractivity contribution in [3.63, 3.8) is 0 Å². The van der Waals surface area contributed by atoms with Crippen LogP contribution in [0.3, 0.4) is 0 Å². The number of rotatable bonds is 1. The summed E-state index contributed by atoms with van der Waals surface area (Å²) in [6, 6.07) is 15.7. The highest BCUT2D eigenvalue weighted by Crippen LogP contribution is 2.33. The Morgan fingerprint density at radius 1 is 0.909 bits per heavy atom. The van der Waals surface area contributed by atoms with Gasteiger partial charge in [0, 0.05) is 10.8 Å². The van der Waals surface area contributed by atoms with Crippen LogP contribution < -0.4 is 4.57 Å². The molecule has 0 aliphatic rings. The van der Waals surface area contributed by atoms with Crippen molar-refractivity contribution >= 4 is 32.2 Å². The summed E-state index contributed by atoms with van der Waals surface area (Å²) >= 11 is 1.81. The molecular formula is C20H18NS+. The van der Waals surface area contributed by atoms with Gasteiger partial charge in [0.25, 0.3) is 0 Å². The molecule has 4 rings (SSSR count). The number of hydrogen-bond donors (Lipinski definition) is 0. The van der Waals surface area contributed by atoms with E-state index in [4.69, 9.17) is 0 Å². The van der Waals surface area contributed by atoms with Gasteiger partial charge in [0.2, 0.25) is 5.69 Å². The third-order valence-corrected chi connectivity index (χ3v) is 5.23. The zero-order chi connectivity index (χ0) is 15.3. The molecule has 0 saturated carbocycles. The quantitative estimate of drug-likeness (QED) is 0.427. The molecule has 2 heteroatoms. The Hall–Kier alpha value is -2.19. The van der Waals surface area contributed by atoms with Gasteiger partial charge in [-0.05, 0) is 59.8 Å². The maximum absolute atomic E-state index is 2.34. The van der Waals surface area contributed by atoms with E-state index in [0.717, 1.165) is 0 Å². The van der Waals surface area contributed by atoms with E-state index in [1.54, 1.807) is 0 Å². The second-order valence-corrected chi connectivity index (χ2v) is 6.94. The van der Waals surface area contributed by atoms with Crippen LogP contribution in [-0.4, -0.2) is 0 Å². The van der Waals surface area contributed by atoms with E-state index >= 15 is 0 Å². The summed E-state index contributed by atoms with van der Waals surface area (Å²) in [5, 5.41) is 6.12. The van der Waals surface area contributed by atoms with Gasteiger partial charge in [-0.25, -0.2) is 4.57 Å². The van der Waals surface area contributed by atoms with Gasteiger partial charge in [-0.15, -0.1) is 11.3 Å². The Morgan fingerprint density at radius 3 is 2.64 bits per heavy atom. The number of benzene rings is 2. The summed E-state index contributed by atoms with van der Waals surface area (Å²) in [6.07, 6.45) is 2.16. The van der Waals surface area contributed by atoms with Crippen LogP contribution in [-0.2, 0) is 7.05 Å². The smallest absolute Gasteiger partial charge is 0.200 e. The van der Waals surface area contributed by atoms with Gasteiger partial charge >= 0.3 is 0 Å². The summed E-state index contributed by atoms with van der Waals surface area (Å²) in [7, 11) is 2.13. The zero-order valence-electron chi connectivity index (χ0n) is 13.1. The van der Waals surface area contributed by atoms with Crippen molar-refractivity contribution in [2.24, 2.45) is 7.05 Å². The first kappa shape index (κ1) is 13.5. The Bertz CT molecular complexity index is 1010. The second-order valence-electron chi connectivity index (χ2n) is 5.99. The number of fused-ring (bicyclic) bond motifs is 2. The molecular weight excluding hydrogens is 286 g/mol. The number of pyridine rings is 1. The van der Waals surface area contributed by atoms with Gasteiger partial charge in [-0.1, -0.05) is 17.7 Å². The SMILES string of the molecule is Cc1ccc2cc[n+](C)c(-c3cc4sccc4cc3C)c2c1. The molecule has 0 bridgehead atoms. The number of hydrogen-bond acceptors (Lipinski definition) is 1. The Kier molecular flexibility index (Phi) is 3.02. The van der Waals surface area contributed by atoms with Crippen molar-refractivity contribution in [1.29, 1.82) is 0 Å². The van der Waals surface area contributed by atoms with Gasteiger partial charge in [-0.2, -0.15) is 0 Å². The predicted octanol–water partition coefficient (Wildman–Crippen LogP) is 5.16. The van der Waals surface area contributed by atoms with Crippen LogP contribution in [0.15, 0.2) is 54.0 Å². The average Bonchev–Trinajstić information content (AvgIpc) is 2.93. The van der Waals surface area contributed by atoms with Gasteiger partial charge < -0.3 is 0 Å². The van der Waals surface area contributed by atoms with Crippen molar-refractivity contribution in [3.8, 4) is 11.3 Å². The van der Waals surface area contributed by atoms with Crippen LogP contribution in [0, 0.1) is 13.8 Å². The first-order chi connectivity index (χ1) is 10.6. The van der Waals surface area contributed by atoms with E-state index < -0.39 is 0 Å². The first-order valence-electron chi connectivity index (χ1n) is 7.51. The third kappa shape index (κ3) is 2.03. The standard InChI is InChI=1S/C20H18NS/c1-13-4-5-15-6-8-21(3)20(18(15)10-13)17-12-19-16(7-9-22-19)11-14(17)2/h4-12H,1-3H3/q+1. The maximum atomic E-state index is 2.34. The summed E-state index contributed by atoms with van der Waals surface area (Å²) in [5.41, 5.74) is 5.26. The van der Waals surface area contributed by atoms with Crippen LogP contribution in [0.25, 0.3) is 32.1 Å². The van der Waals surface area contributed by atoms with Crippen molar-refractivity contribution in [2.45, 2.75) is 13.8 Å². The first-order valence-corrected chi connectivity index (χ1v) is 8.39. The molecule has 0 unspecified atom stereocenters. The molecule has 2 aromatic carbocycles. The Balaban J connectivity index is 2.12. The number of nitrogens with zero attached hydrogens (tertiary/aromatic N) is 1. The summed E-state index contributed by atoms with van der Waals surface area (Å²) in [6.45, 7) is 4.37. The lowest BCUT2D eigenvalue weighted by Crippen LogP contribution is -2.30. The number of aromatic nitrogens is 1. The topological polar surface area (TPSA) is 3.88 Å². The van der Waals surface area contributed by atoms with Crippen molar-refractivity contribution in [3.05, 3.63) is 65.2 Å². The molecule has 108 valence electrons. The lowest BCUT2D eigenvalue weighted by molar-refractivity contribution is -0.659. The lowest BCUT2D eigenvalue weighted by Gasteiger charge is -2.09. The van der Waals surface area contributed by atoms with E-state index in [0.29, 0.717) is 0 Å². The number of thiophene rings is 1. The van der Waals surface area contributed by atoms with Gasteiger partial charge in [0.15, 0.2) is 6.20 Å². The molecule has 0 N–H and O–H groups in total. The normalized spacial score (nSPS) is 11.4. The molecule has 1 nitrogen and oxygen atoms in total. The predicted molar refractivity (Wildman–Crippen MR) is 95.4 cm³/mol. The average molecular weight is 304 g/mol. The molecule has 0 amide bonds. The molecule has 0 radical (unpaired) electrons. The monoisotopic (exact) mass is 304 g/mol. The fraction of sp³-hybridized carbons (Fsp3) is 0.150. The van der Waals surface area contributed by atoms with Crippen molar-refractivity contribution in [1.82, 2.24) is 0 Å². The molecule has 0 fully saturated rings.